The molecule has 21 nitrogen and oxygen atoms in total. The van der Waals surface area contributed by atoms with Crippen molar-refractivity contribution in [3.05, 3.63) is 18.2 Å². The third kappa shape index (κ3) is 19.6. The lowest BCUT2D eigenvalue weighted by atomic mass is 9.85. The van der Waals surface area contributed by atoms with E-state index < -0.39 is 95.7 Å². The molecular weight excluding hydrogens is 768 g/mol. The van der Waals surface area contributed by atoms with Gasteiger partial charge >= 0.3 is 0 Å². The summed E-state index contributed by atoms with van der Waals surface area (Å²) in [6.07, 6.45) is 4.31. The fourth-order valence-corrected chi connectivity index (χ4v) is 5.77. The minimum Gasteiger partial charge on any atom is -0.394 e. The first kappa shape index (κ1) is 51.4. The summed E-state index contributed by atoms with van der Waals surface area (Å²) in [6, 6.07) is -8.11. The number of amides is 7. The smallest absolute Gasteiger partial charge is 0.245 e. The first-order valence-corrected chi connectivity index (χ1v) is 19.7. The standard InChI is InChI=1S/C38H66N12O9/c1-20(2)13-26(32(55)44-22(5)31(54)46-24(17-51)11-10-12-42-37(39)40)47-33(56)27(14-21(3)4)49-36(59)30(38(7,8)9)50-34(57)28(15-25-16-41-19-43-25)48-35(58)29(18-52)45-23(6)53/h16-17,19-22,24,26-30,52H,10-15,18H2,1-9H3,(H,41,43)(H,44,55)(H,45,53)(H,46,54)(H,47,56)(H,48,58)(H,49,59)(H,50,57)(H4,39,40,42)/t22-,24-,26-,27-,28-,29-,30+/m0/s1. The molecule has 332 valence electrons. The van der Waals surface area contributed by atoms with Crippen LogP contribution in [-0.2, 0) is 44.8 Å². The van der Waals surface area contributed by atoms with E-state index in [-0.39, 0.29) is 50.0 Å². The predicted molar refractivity (Wildman–Crippen MR) is 219 cm³/mol. The molecule has 0 aliphatic heterocycles. The SMILES string of the molecule is CC(=O)N[C@@H](CO)C(=O)N[C@@H](Cc1cnc[nH]1)C(=O)N[C@H](C(=O)N[C@@H](CC(C)C)C(=O)N[C@@H](CC(C)C)C(=O)N[C@@H](C)C(=O)N[C@H](C=O)CCCN=C(N)N)C(C)(C)C. The van der Waals surface area contributed by atoms with E-state index in [0.717, 1.165) is 0 Å². The van der Waals surface area contributed by atoms with Crippen molar-refractivity contribution >= 4 is 53.6 Å². The van der Waals surface area contributed by atoms with Crippen molar-refractivity contribution in [3.63, 3.8) is 0 Å². The van der Waals surface area contributed by atoms with Crippen molar-refractivity contribution in [2.45, 2.75) is 137 Å². The molecule has 59 heavy (non-hydrogen) atoms. The Labute approximate surface area is 345 Å². The highest BCUT2D eigenvalue weighted by Gasteiger charge is 2.38. The number of guanidine groups is 1. The number of hydrogen-bond donors (Lipinski definition) is 11. The minimum absolute atomic E-state index is 0.0837. The van der Waals surface area contributed by atoms with Crippen LogP contribution in [0.25, 0.3) is 0 Å². The van der Waals surface area contributed by atoms with Gasteiger partial charge in [-0.1, -0.05) is 48.5 Å². The number of aliphatic hydroxyl groups excluding tert-OH is 1. The first-order chi connectivity index (χ1) is 27.5. The number of aliphatic imine (C=N–C) groups is 1. The van der Waals surface area contributed by atoms with Gasteiger partial charge in [0.1, 0.15) is 42.5 Å². The van der Waals surface area contributed by atoms with Crippen LogP contribution in [0.1, 0.15) is 93.7 Å². The Balaban J connectivity index is 3.24. The van der Waals surface area contributed by atoms with Crippen LogP contribution in [0.2, 0.25) is 0 Å². The molecule has 7 amide bonds. The normalized spacial score (nSPS) is 14.9. The highest BCUT2D eigenvalue weighted by molar-refractivity contribution is 5.97. The summed E-state index contributed by atoms with van der Waals surface area (Å²) in [5, 5.41) is 27.9. The van der Waals surface area contributed by atoms with Gasteiger partial charge in [0.05, 0.1) is 19.0 Å². The number of nitrogens with two attached hydrogens (primary N) is 2. The number of aromatic amines is 1. The Morgan fingerprint density at radius 2 is 1.29 bits per heavy atom. The Bertz CT molecular complexity index is 1590. The average Bonchev–Trinajstić information content (AvgIpc) is 3.64. The molecule has 0 aliphatic carbocycles. The zero-order valence-corrected chi connectivity index (χ0v) is 35.6. The number of hydrogen-bond acceptors (Lipinski definition) is 11. The van der Waals surface area contributed by atoms with E-state index in [9.17, 15) is 43.5 Å². The summed E-state index contributed by atoms with van der Waals surface area (Å²) >= 11 is 0. The molecule has 0 aromatic carbocycles. The lowest BCUT2D eigenvalue weighted by Crippen LogP contribution is -2.62. The molecule has 21 heteroatoms. The van der Waals surface area contributed by atoms with Gasteiger partial charge in [-0.15, -0.1) is 0 Å². The van der Waals surface area contributed by atoms with E-state index in [2.05, 4.69) is 52.2 Å². The minimum atomic E-state index is -1.35. The highest BCUT2D eigenvalue weighted by Crippen LogP contribution is 2.21. The van der Waals surface area contributed by atoms with Crippen LogP contribution >= 0.6 is 0 Å². The van der Waals surface area contributed by atoms with Crippen molar-refractivity contribution < 1.29 is 43.5 Å². The van der Waals surface area contributed by atoms with E-state index in [1.54, 1.807) is 20.8 Å². The Kier molecular flexibility index (Phi) is 21.8. The molecule has 7 atom stereocenters. The van der Waals surface area contributed by atoms with Crippen LogP contribution in [-0.4, -0.2) is 124 Å². The number of carbonyl (C=O) groups excluding carboxylic acids is 8. The summed E-state index contributed by atoms with van der Waals surface area (Å²) < 4.78 is 0. The summed E-state index contributed by atoms with van der Waals surface area (Å²) in [7, 11) is 0. The van der Waals surface area contributed by atoms with Gasteiger partial charge in [-0.05, 0) is 49.9 Å². The highest BCUT2D eigenvalue weighted by atomic mass is 16.3. The van der Waals surface area contributed by atoms with Gasteiger partial charge in [0.15, 0.2) is 5.96 Å². The molecule has 0 bridgehead atoms. The van der Waals surface area contributed by atoms with E-state index >= 15 is 0 Å². The van der Waals surface area contributed by atoms with Crippen LogP contribution < -0.4 is 48.7 Å². The summed E-state index contributed by atoms with van der Waals surface area (Å²) in [4.78, 5) is 115. The number of aliphatic hydroxyl groups is 1. The van der Waals surface area contributed by atoms with Crippen molar-refractivity contribution in [3.8, 4) is 0 Å². The van der Waals surface area contributed by atoms with E-state index in [4.69, 9.17) is 11.5 Å². The van der Waals surface area contributed by atoms with Gasteiger partial charge in [0.2, 0.25) is 41.4 Å². The predicted octanol–water partition coefficient (Wildman–Crippen LogP) is -2.23. The summed E-state index contributed by atoms with van der Waals surface area (Å²) in [5.41, 5.74) is 10.2. The number of nitrogens with one attached hydrogen (secondary N) is 8. The zero-order valence-electron chi connectivity index (χ0n) is 35.6. The van der Waals surface area contributed by atoms with Crippen LogP contribution in [0.3, 0.4) is 0 Å². The zero-order chi connectivity index (χ0) is 45.0. The molecule has 0 unspecified atom stereocenters. The van der Waals surface area contributed by atoms with Crippen molar-refractivity contribution in [1.82, 2.24) is 47.2 Å². The maximum Gasteiger partial charge on any atom is 0.245 e. The largest absolute Gasteiger partial charge is 0.394 e. The van der Waals surface area contributed by atoms with E-state index in [1.165, 1.54) is 26.4 Å². The molecule has 0 spiro atoms. The third-order valence-corrected chi connectivity index (χ3v) is 8.79. The van der Waals surface area contributed by atoms with Crippen LogP contribution in [0.15, 0.2) is 17.5 Å². The number of imidazole rings is 1. The molecule has 1 aromatic heterocycles. The van der Waals surface area contributed by atoms with Crippen LogP contribution in [0.5, 0.6) is 0 Å². The number of aldehydes is 1. The van der Waals surface area contributed by atoms with Gasteiger partial charge in [-0.25, -0.2) is 4.98 Å². The Hall–Kier alpha value is -5.60. The second-order valence-electron chi connectivity index (χ2n) is 16.4. The lowest BCUT2D eigenvalue weighted by Gasteiger charge is -2.33. The second kappa shape index (κ2) is 25.0. The van der Waals surface area contributed by atoms with Crippen LogP contribution in [0, 0.1) is 17.3 Å². The Morgan fingerprint density at radius 1 is 0.763 bits per heavy atom. The van der Waals surface area contributed by atoms with Gasteiger partial charge in [-0.3, -0.25) is 38.6 Å². The Morgan fingerprint density at radius 3 is 1.76 bits per heavy atom. The maximum absolute atomic E-state index is 14.0. The quantitative estimate of drug-likeness (QED) is 0.0216. The van der Waals surface area contributed by atoms with E-state index in [0.29, 0.717) is 18.4 Å². The topological polar surface area (TPSA) is 334 Å². The monoisotopic (exact) mass is 835 g/mol. The maximum atomic E-state index is 14.0. The van der Waals surface area contributed by atoms with Crippen molar-refractivity contribution in [2.75, 3.05) is 13.2 Å². The molecule has 0 aliphatic rings. The molecule has 0 saturated carbocycles. The van der Waals surface area contributed by atoms with Gasteiger partial charge in [0, 0.05) is 31.8 Å². The molecule has 1 rings (SSSR count). The van der Waals surface area contributed by atoms with Crippen molar-refractivity contribution in [2.24, 2.45) is 33.7 Å². The first-order valence-electron chi connectivity index (χ1n) is 19.7. The number of H-pyrrole nitrogens is 1. The molecule has 1 aromatic rings. The van der Waals surface area contributed by atoms with Gasteiger partial charge in [0.25, 0.3) is 0 Å². The molecule has 1 heterocycles. The van der Waals surface area contributed by atoms with Crippen molar-refractivity contribution in [1.29, 1.82) is 0 Å². The third-order valence-electron chi connectivity index (χ3n) is 8.79. The molecular formula is C38H66N12O9. The van der Waals surface area contributed by atoms with Gasteiger partial charge < -0.3 is 63.6 Å². The number of carbonyl (C=O) groups is 8. The van der Waals surface area contributed by atoms with Crippen LogP contribution in [0.4, 0.5) is 0 Å². The van der Waals surface area contributed by atoms with E-state index in [1.807, 2.05) is 27.7 Å². The molecule has 0 fully saturated rings. The average molecular weight is 835 g/mol. The second-order valence-corrected chi connectivity index (χ2v) is 16.4. The fourth-order valence-electron chi connectivity index (χ4n) is 5.77. The molecule has 13 N–H and O–H groups in total. The molecule has 0 radical (unpaired) electrons. The fraction of sp³-hybridized carbons (Fsp3) is 0.684. The number of aromatic nitrogens is 2. The number of nitrogens with zero attached hydrogens (tertiary/aromatic N) is 2. The summed E-state index contributed by atoms with van der Waals surface area (Å²) in [5.74, 6) is -5.17. The lowest BCUT2D eigenvalue weighted by molar-refractivity contribution is -0.137. The van der Waals surface area contributed by atoms with Gasteiger partial charge in [-0.2, -0.15) is 0 Å². The summed E-state index contributed by atoms with van der Waals surface area (Å²) in [6.45, 7) is 14.6. The molecule has 0 saturated heterocycles. The number of rotatable bonds is 25.